The lowest BCUT2D eigenvalue weighted by Gasteiger charge is -2.08. The summed E-state index contributed by atoms with van der Waals surface area (Å²) in [5, 5.41) is 10.1. The van der Waals surface area contributed by atoms with Gasteiger partial charge in [-0.05, 0) is 42.8 Å². The molecule has 0 aromatic heterocycles. The third-order valence-corrected chi connectivity index (χ3v) is 3.80. The van der Waals surface area contributed by atoms with Crippen molar-refractivity contribution in [2.45, 2.75) is 13.5 Å². The van der Waals surface area contributed by atoms with E-state index in [2.05, 4.69) is 0 Å². The highest BCUT2D eigenvalue weighted by Gasteiger charge is 2.09. The molecule has 0 unspecified atom stereocenters. The molecule has 0 amide bonds. The lowest BCUT2D eigenvalue weighted by atomic mass is 10.1. The van der Waals surface area contributed by atoms with Crippen LogP contribution in [0.15, 0.2) is 48.0 Å². The monoisotopic (exact) mass is 375 g/mol. The van der Waals surface area contributed by atoms with Crippen LogP contribution in [0.3, 0.4) is 0 Å². The zero-order valence-corrected chi connectivity index (χ0v) is 15.0. The molecule has 128 valence electrons. The van der Waals surface area contributed by atoms with Gasteiger partial charge in [0.2, 0.25) is 0 Å². The van der Waals surface area contributed by atoms with E-state index in [4.69, 9.17) is 37.9 Å². The standard InChI is InChI=1S/C19H15Cl2NO3/c1-2-24-19(23)15(11-22)9-13-3-7-17(8-4-13)25-12-14-5-6-16(20)10-18(14)21/h3-10H,2,12H2,1H3. The Balaban J connectivity index is 2.04. The van der Waals surface area contributed by atoms with Crippen LogP contribution in [-0.2, 0) is 16.1 Å². The predicted molar refractivity (Wildman–Crippen MR) is 97.5 cm³/mol. The molecule has 0 bridgehead atoms. The number of nitriles is 1. The van der Waals surface area contributed by atoms with E-state index in [0.717, 1.165) is 5.56 Å². The van der Waals surface area contributed by atoms with Crippen LogP contribution < -0.4 is 4.74 Å². The molecule has 0 N–H and O–H groups in total. The van der Waals surface area contributed by atoms with Crippen LogP contribution in [0, 0.1) is 11.3 Å². The van der Waals surface area contributed by atoms with Crippen LogP contribution in [-0.4, -0.2) is 12.6 Å². The molecule has 0 radical (unpaired) electrons. The smallest absolute Gasteiger partial charge is 0.348 e. The fourth-order valence-electron chi connectivity index (χ4n) is 1.97. The number of benzene rings is 2. The molecule has 4 nitrogen and oxygen atoms in total. The van der Waals surface area contributed by atoms with E-state index in [1.807, 2.05) is 6.07 Å². The van der Waals surface area contributed by atoms with Crippen molar-refractivity contribution >= 4 is 35.2 Å². The van der Waals surface area contributed by atoms with Gasteiger partial charge in [-0.3, -0.25) is 0 Å². The summed E-state index contributed by atoms with van der Waals surface area (Å²) < 4.78 is 10.5. The number of esters is 1. The third kappa shape index (κ3) is 5.53. The van der Waals surface area contributed by atoms with Crippen LogP contribution in [0.5, 0.6) is 5.75 Å². The van der Waals surface area contributed by atoms with E-state index in [1.54, 1.807) is 49.4 Å². The first kappa shape index (κ1) is 18.9. The quantitative estimate of drug-likeness (QED) is 0.403. The lowest BCUT2D eigenvalue weighted by molar-refractivity contribution is -0.137. The molecular formula is C19H15Cl2NO3. The zero-order valence-electron chi connectivity index (χ0n) is 13.5. The minimum absolute atomic E-state index is 0.0523. The van der Waals surface area contributed by atoms with E-state index in [1.165, 1.54) is 6.08 Å². The molecule has 6 heteroatoms. The summed E-state index contributed by atoms with van der Waals surface area (Å²) in [6, 6.07) is 14.0. The van der Waals surface area contributed by atoms with Crippen molar-refractivity contribution in [3.63, 3.8) is 0 Å². The first-order valence-electron chi connectivity index (χ1n) is 7.49. The largest absolute Gasteiger partial charge is 0.489 e. The minimum atomic E-state index is -0.636. The van der Waals surface area contributed by atoms with Gasteiger partial charge >= 0.3 is 5.97 Å². The highest BCUT2D eigenvalue weighted by atomic mass is 35.5. The maximum atomic E-state index is 11.6. The molecule has 2 aromatic carbocycles. The number of nitrogens with zero attached hydrogens (tertiary/aromatic N) is 1. The van der Waals surface area contributed by atoms with Crippen LogP contribution in [0.25, 0.3) is 6.08 Å². The number of carbonyl (C=O) groups excluding carboxylic acids is 1. The Hall–Kier alpha value is -2.48. The first-order chi connectivity index (χ1) is 12.0. The molecule has 0 aliphatic heterocycles. The van der Waals surface area contributed by atoms with Crippen LogP contribution in [0.4, 0.5) is 0 Å². The summed E-state index contributed by atoms with van der Waals surface area (Å²) in [7, 11) is 0. The fraction of sp³-hybridized carbons (Fsp3) is 0.158. The summed E-state index contributed by atoms with van der Waals surface area (Å²) in [5.41, 5.74) is 1.47. The van der Waals surface area contributed by atoms with Gasteiger partial charge in [0.25, 0.3) is 0 Å². The molecule has 2 rings (SSSR count). The minimum Gasteiger partial charge on any atom is -0.489 e. The summed E-state index contributed by atoms with van der Waals surface area (Å²) in [6.45, 7) is 2.21. The second kappa shape index (κ2) is 9.12. The molecule has 0 aliphatic carbocycles. The van der Waals surface area contributed by atoms with E-state index >= 15 is 0 Å². The Labute approximate surface area is 156 Å². The van der Waals surface area contributed by atoms with Crippen molar-refractivity contribution in [1.29, 1.82) is 5.26 Å². The first-order valence-corrected chi connectivity index (χ1v) is 8.24. The van der Waals surface area contributed by atoms with Gasteiger partial charge in [-0.1, -0.05) is 41.4 Å². The summed E-state index contributed by atoms with van der Waals surface area (Å²) in [5.74, 6) is 0.000478. The van der Waals surface area contributed by atoms with Crippen molar-refractivity contribution in [2.24, 2.45) is 0 Å². The molecule has 0 heterocycles. The molecule has 0 fully saturated rings. The maximum Gasteiger partial charge on any atom is 0.348 e. The van der Waals surface area contributed by atoms with Crippen molar-refractivity contribution < 1.29 is 14.3 Å². The molecule has 25 heavy (non-hydrogen) atoms. The van der Waals surface area contributed by atoms with Gasteiger partial charge in [0.15, 0.2) is 0 Å². The molecule has 0 spiro atoms. The second-order valence-electron chi connectivity index (χ2n) is 4.98. The van der Waals surface area contributed by atoms with Gasteiger partial charge in [-0.15, -0.1) is 0 Å². The van der Waals surface area contributed by atoms with Gasteiger partial charge in [-0.25, -0.2) is 4.79 Å². The van der Waals surface area contributed by atoms with Crippen LogP contribution >= 0.6 is 23.2 Å². The molecule has 0 saturated heterocycles. The number of ether oxygens (including phenoxy) is 2. The molecule has 0 atom stereocenters. The van der Waals surface area contributed by atoms with Gasteiger partial charge < -0.3 is 9.47 Å². The lowest BCUT2D eigenvalue weighted by Crippen LogP contribution is -2.05. The molecular weight excluding hydrogens is 361 g/mol. The topological polar surface area (TPSA) is 59.3 Å². The van der Waals surface area contributed by atoms with E-state index in [-0.39, 0.29) is 12.2 Å². The molecule has 2 aromatic rings. The number of carbonyl (C=O) groups is 1. The van der Waals surface area contributed by atoms with Crippen molar-refractivity contribution in [1.82, 2.24) is 0 Å². The number of hydrogen-bond acceptors (Lipinski definition) is 4. The van der Waals surface area contributed by atoms with Crippen LogP contribution in [0.2, 0.25) is 10.0 Å². The summed E-state index contributed by atoms with van der Waals surface area (Å²) >= 11 is 12.0. The van der Waals surface area contributed by atoms with Gasteiger partial charge in [0, 0.05) is 15.6 Å². The second-order valence-corrected chi connectivity index (χ2v) is 5.83. The third-order valence-electron chi connectivity index (χ3n) is 3.22. The average molecular weight is 376 g/mol. The summed E-state index contributed by atoms with van der Waals surface area (Å²) in [6.07, 6.45) is 1.47. The highest BCUT2D eigenvalue weighted by Crippen LogP contribution is 2.23. The van der Waals surface area contributed by atoms with E-state index in [9.17, 15) is 4.79 Å². The highest BCUT2D eigenvalue weighted by molar-refractivity contribution is 6.35. The normalized spacial score (nSPS) is 10.9. The van der Waals surface area contributed by atoms with Gasteiger partial charge in [0.05, 0.1) is 6.61 Å². The van der Waals surface area contributed by atoms with Crippen LogP contribution in [0.1, 0.15) is 18.1 Å². The van der Waals surface area contributed by atoms with Crippen molar-refractivity contribution in [3.8, 4) is 11.8 Å². The van der Waals surface area contributed by atoms with Crippen molar-refractivity contribution in [2.75, 3.05) is 6.61 Å². The molecule has 0 aliphatic rings. The predicted octanol–water partition coefficient (Wildman–Crippen LogP) is 5.04. The van der Waals surface area contributed by atoms with E-state index < -0.39 is 5.97 Å². The Kier molecular flexibility index (Phi) is 6.88. The fourth-order valence-corrected chi connectivity index (χ4v) is 2.44. The zero-order chi connectivity index (χ0) is 18.2. The van der Waals surface area contributed by atoms with E-state index in [0.29, 0.717) is 28.0 Å². The van der Waals surface area contributed by atoms with Gasteiger partial charge in [-0.2, -0.15) is 5.26 Å². The maximum absolute atomic E-state index is 11.6. The molecule has 0 saturated carbocycles. The van der Waals surface area contributed by atoms with Gasteiger partial charge in [0.1, 0.15) is 24.0 Å². The summed E-state index contributed by atoms with van der Waals surface area (Å²) in [4.78, 5) is 11.6. The number of hydrogen-bond donors (Lipinski definition) is 0. The Morgan fingerprint density at radius 1 is 1.20 bits per heavy atom. The SMILES string of the molecule is CCOC(=O)C(C#N)=Cc1ccc(OCc2ccc(Cl)cc2Cl)cc1. The Morgan fingerprint density at radius 3 is 2.52 bits per heavy atom. The Morgan fingerprint density at radius 2 is 1.92 bits per heavy atom. The number of halogens is 2. The average Bonchev–Trinajstić information content (AvgIpc) is 2.60. The van der Waals surface area contributed by atoms with Crippen molar-refractivity contribution in [3.05, 3.63) is 69.2 Å². The number of rotatable bonds is 6. The Bertz CT molecular complexity index is 824.